The molecule has 0 aromatic heterocycles. The zero-order valence-corrected chi connectivity index (χ0v) is 15.8. The number of halogens is 1. The molecule has 5 unspecified atom stereocenters. The highest BCUT2D eigenvalue weighted by atomic mass is 35.5. The highest BCUT2D eigenvalue weighted by Crippen LogP contribution is 2.72. The molecule has 0 amide bonds. The van der Waals surface area contributed by atoms with E-state index in [0.717, 1.165) is 44.1 Å². The molecule has 134 valence electrons. The predicted octanol–water partition coefficient (Wildman–Crippen LogP) is 4.69. The molecule has 3 heteroatoms. The summed E-state index contributed by atoms with van der Waals surface area (Å²) in [7, 11) is 0. The Balaban J connectivity index is 1.55. The predicted molar refractivity (Wildman–Crippen MR) is 96.0 cm³/mol. The molecule has 0 spiro atoms. The van der Waals surface area contributed by atoms with Gasteiger partial charge in [-0.25, -0.2) is 0 Å². The summed E-state index contributed by atoms with van der Waals surface area (Å²) in [6.45, 7) is 5.60. The number of rotatable bonds is 0. The normalized spacial score (nSPS) is 60.7. The number of ether oxygens (including phenoxy) is 1. The minimum absolute atomic E-state index is 0.126. The van der Waals surface area contributed by atoms with Gasteiger partial charge >= 0.3 is 0 Å². The minimum atomic E-state index is -0.304. The first-order valence-electron chi connectivity index (χ1n) is 10.1. The molecule has 5 rings (SSSR count). The minimum Gasteiger partial charge on any atom is -0.393 e. The van der Waals surface area contributed by atoms with E-state index in [0.29, 0.717) is 11.3 Å². The van der Waals surface area contributed by atoms with E-state index in [-0.39, 0.29) is 22.5 Å². The molecule has 1 N–H and O–H groups in total. The van der Waals surface area contributed by atoms with Crippen molar-refractivity contribution in [3.05, 3.63) is 11.6 Å². The van der Waals surface area contributed by atoms with E-state index in [1.165, 1.54) is 25.7 Å². The van der Waals surface area contributed by atoms with Crippen LogP contribution >= 0.6 is 11.6 Å². The van der Waals surface area contributed by atoms with Crippen LogP contribution in [-0.2, 0) is 4.74 Å². The number of aliphatic hydroxyl groups excluding tert-OH is 1. The molecule has 1 aliphatic heterocycles. The fraction of sp³-hybridized carbons (Fsp3) is 0.905. The molecule has 0 aromatic rings. The van der Waals surface area contributed by atoms with Gasteiger partial charge in [0.05, 0.1) is 23.7 Å². The third kappa shape index (κ3) is 1.71. The Morgan fingerprint density at radius 1 is 1.21 bits per heavy atom. The first kappa shape index (κ1) is 16.1. The van der Waals surface area contributed by atoms with Gasteiger partial charge in [-0.3, -0.25) is 0 Å². The van der Waals surface area contributed by atoms with Crippen LogP contribution in [0.2, 0.25) is 0 Å². The van der Waals surface area contributed by atoms with E-state index in [1.807, 2.05) is 0 Å². The van der Waals surface area contributed by atoms with Gasteiger partial charge in [0, 0.05) is 5.41 Å². The van der Waals surface area contributed by atoms with Crippen molar-refractivity contribution in [1.29, 1.82) is 0 Å². The van der Waals surface area contributed by atoms with Crippen molar-refractivity contribution in [2.45, 2.75) is 82.3 Å². The Labute approximate surface area is 151 Å². The molecule has 8 atom stereocenters. The molecule has 0 aromatic carbocycles. The van der Waals surface area contributed by atoms with Gasteiger partial charge in [-0.15, -0.1) is 11.6 Å². The lowest BCUT2D eigenvalue weighted by Crippen LogP contribution is -2.63. The fourth-order valence-electron chi connectivity index (χ4n) is 8.03. The second-order valence-corrected chi connectivity index (χ2v) is 10.3. The largest absolute Gasteiger partial charge is 0.393 e. The van der Waals surface area contributed by atoms with E-state index in [9.17, 15) is 5.11 Å². The van der Waals surface area contributed by atoms with Gasteiger partial charge in [0.15, 0.2) is 0 Å². The van der Waals surface area contributed by atoms with Gasteiger partial charge < -0.3 is 9.84 Å². The molecule has 4 saturated carbocycles. The lowest BCUT2D eigenvalue weighted by Gasteiger charge is -2.62. The van der Waals surface area contributed by atoms with Crippen LogP contribution in [0.15, 0.2) is 11.6 Å². The van der Waals surface area contributed by atoms with Crippen molar-refractivity contribution in [3.8, 4) is 0 Å². The van der Waals surface area contributed by atoms with Crippen molar-refractivity contribution in [2.75, 3.05) is 6.61 Å². The Morgan fingerprint density at radius 2 is 2.04 bits per heavy atom. The monoisotopic (exact) mass is 350 g/mol. The van der Waals surface area contributed by atoms with Crippen molar-refractivity contribution >= 4 is 11.6 Å². The van der Waals surface area contributed by atoms with Crippen molar-refractivity contribution < 1.29 is 9.84 Å². The number of hydrogen-bond acceptors (Lipinski definition) is 2. The molecule has 4 aliphatic carbocycles. The average Bonchev–Trinajstić information content (AvgIpc) is 2.96. The molecule has 0 radical (unpaired) electrons. The number of aliphatic hydroxyl groups is 1. The third-order valence-corrected chi connectivity index (χ3v) is 9.94. The number of hydrogen-bond donors (Lipinski definition) is 1. The van der Waals surface area contributed by atoms with Crippen LogP contribution in [0.5, 0.6) is 0 Å². The smallest absolute Gasteiger partial charge is 0.0812 e. The quantitative estimate of drug-likeness (QED) is 0.507. The lowest BCUT2D eigenvalue weighted by atomic mass is 9.44. The zero-order valence-electron chi connectivity index (χ0n) is 15.1. The molecule has 2 nitrogen and oxygen atoms in total. The molecule has 1 heterocycles. The third-order valence-electron chi connectivity index (χ3n) is 9.17. The zero-order chi connectivity index (χ0) is 16.7. The summed E-state index contributed by atoms with van der Waals surface area (Å²) in [5, 5.41) is 10.3. The highest BCUT2D eigenvalue weighted by Gasteiger charge is 2.72. The summed E-state index contributed by atoms with van der Waals surface area (Å²) < 4.78 is 6.33. The molecule has 5 aliphatic rings. The van der Waals surface area contributed by atoms with E-state index >= 15 is 0 Å². The van der Waals surface area contributed by atoms with Crippen molar-refractivity contribution in [3.63, 3.8) is 0 Å². The first-order valence-corrected chi connectivity index (χ1v) is 10.5. The number of fused-ring (bicyclic) bond motifs is 3. The molecule has 5 fully saturated rings. The van der Waals surface area contributed by atoms with Crippen LogP contribution in [0.4, 0.5) is 0 Å². The standard InChI is InChI=1S/C21H31ClO2/c1-3-13-4-5-16-15-10-18-21(22)11-14(23)6-9-20(21,12-24-18)17(15)7-8-19(13,16)2/h3,14-18,23H,4-12H2,1-2H3/t14-,15?,16?,17?,18+,19?,20?,21-/m0/s1. The topological polar surface area (TPSA) is 29.5 Å². The Morgan fingerprint density at radius 3 is 2.83 bits per heavy atom. The molecular formula is C21H31ClO2. The van der Waals surface area contributed by atoms with Gasteiger partial charge in [-0.05, 0) is 81.5 Å². The summed E-state index contributed by atoms with van der Waals surface area (Å²) in [6.07, 6.45) is 11.4. The van der Waals surface area contributed by atoms with E-state index in [2.05, 4.69) is 19.9 Å². The molecular weight excluding hydrogens is 320 g/mol. The second-order valence-electron chi connectivity index (χ2n) is 9.64. The molecule has 1 saturated heterocycles. The Bertz CT molecular complexity index is 588. The highest BCUT2D eigenvalue weighted by molar-refractivity contribution is 6.25. The maximum atomic E-state index is 10.3. The van der Waals surface area contributed by atoms with Crippen LogP contribution in [0, 0.1) is 28.6 Å². The summed E-state index contributed by atoms with van der Waals surface area (Å²) in [5.74, 6) is 2.29. The van der Waals surface area contributed by atoms with Crippen LogP contribution in [0.3, 0.4) is 0 Å². The van der Waals surface area contributed by atoms with Crippen molar-refractivity contribution in [2.24, 2.45) is 28.6 Å². The van der Waals surface area contributed by atoms with Gasteiger partial charge in [-0.2, -0.15) is 0 Å². The maximum absolute atomic E-state index is 10.3. The van der Waals surface area contributed by atoms with Crippen molar-refractivity contribution in [1.82, 2.24) is 0 Å². The second kappa shape index (κ2) is 5.02. The van der Waals surface area contributed by atoms with Crippen LogP contribution in [0.25, 0.3) is 0 Å². The van der Waals surface area contributed by atoms with Gasteiger partial charge in [0.25, 0.3) is 0 Å². The summed E-state index contributed by atoms with van der Waals surface area (Å²) >= 11 is 7.28. The first-order chi connectivity index (χ1) is 11.4. The molecule has 2 bridgehead atoms. The number of alkyl halides is 1. The summed E-state index contributed by atoms with van der Waals surface area (Å²) in [6, 6.07) is 0. The summed E-state index contributed by atoms with van der Waals surface area (Å²) in [4.78, 5) is -0.304. The number of allylic oxidation sites excluding steroid dienone is 2. The summed E-state index contributed by atoms with van der Waals surface area (Å²) in [5.41, 5.74) is 2.26. The average molecular weight is 351 g/mol. The lowest BCUT2D eigenvalue weighted by molar-refractivity contribution is -0.0936. The van der Waals surface area contributed by atoms with E-state index in [4.69, 9.17) is 16.3 Å². The Kier molecular flexibility index (Phi) is 3.38. The maximum Gasteiger partial charge on any atom is 0.0812 e. The SMILES string of the molecule is CC=C1CCC2C3C[C@H]4OCC5(CC[C@H](O)C[C@]45Cl)C3CCC12C. The van der Waals surface area contributed by atoms with E-state index < -0.39 is 0 Å². The Hall–Kier alpha value is -0.0500. The molecule has 24 heavy (non-hydrogen) atoms. The van der Waals surface area contributed by atoms with Crippen LogP contribution in [0.1, 0.15) is 65.2 Å². The van der Waals surface area contributed by atoms with Gasteiger partial charge in [-0.1, -0.05) is 18.6 Å². The van der Waals surface area contributed by atoms with Gasteiger partial charge in [0.1, 0.15) is 0 Å². The van der Waals surface area contributed by atoms with Crippen LogP contribution in [-0.4, -0.2) is 28.8 Å². The van der Waals surface area contributed by atoms with Gasteiger partial charge in [0.2, 0.25) is 0 Å². The van der Waals surface area contributed by atoms with E-state index in [1.54, 1.807) is 5.57 Å². The van der Waals surface area contributed by atoms with Crippen LogP contribution < -0.4 is 0 Å². The fourth-order valence-corrected chi connectivity index (χ4v) is 8.65.